The van der Waals surface area contributed by atoms with Gasteiger partial charge in [-0.1, -0.05) is 35.9 Å². The van der Waals surface area contributed by atoms with Crippen molar-refractivity contribution in [3.8, 4) is 0 Å². The summed E-state index contributed by atoms with van der Waals surface area (Å²) in [7, 11) is 0. The number of carbonyl (C=O) groups excluding carboxylic acids is 2. The number of benzene rings is 2. The molecule has 1 N–H and O–H groups in total. The van der Waals surface area contributed by atoms with E-state index in [9.17, 15) is 9.59 Å². The van der Waals surface area contributed by atoms with E-state index >= 15 is 0 Å². The smallest absolute Gasteiger partial charge is 0.256 e. The third-order valence-electron chi connectivity index (χ3n) is 4.54. The van der Waals surface area contributed by atoms with E-state index in [2.05, 4.69) is 5.32 Å². The second-order valence-corrected chi connectivity index (χ2v) is 6.53. The Morgan fingerprint density at radius 2 is 1.62 bits per heavy atom. The maximum atomic E-state index is 12.8. The van der Waals surface area contributed by atoms with Crippen molar-refractivity contribution in [1.82, 2.24) is 0 Å². The van der Waals surface area contributed by atoms with Gasteiger partial charge in [-0.15, -0.1) is 0 Å². The second-order valence-electron chi connectivity index (χ2n) is 6.53. The largest absolute Gasteiger partial charge is 0.373 e. The highest BCUT2D eigenvalue weighted by Gasteiger charge is 2.40. The van der Waals surface area contributed by atoms with Crippen molar-refractivity contribution in [2.45, 2.75) is 40.2 Å². The number of para-hydroxylation sites is 1. The van der Waals surface area contributed by atoms with Crippen LogP contribution in [0.1, 0.15) is 28.7 Å². The molecule has 0 unspecified atom stereocenters. The predicted octanol–water partition coefficient (Wildman–Crippen LogP) is 3.66. The normalized spacial score (nSPS) is 17.5. The van der Waals surface area contributed by atoms with Gasteiger partial charge in [0, 0.05) is 5.69 Å². The van der Waals surface area contributed by atoms with Gasteiger partial charge in [0.15, 0.2) is 0 Å². The molecule has 2 aromatic carbocycles. The highest BCUT2D eigenvalue weighted by atomic mass is 16.2. The van der Waals surface area contributed by atoms with Crippen LogP contribution in [0.5, 0.6) is 0 Å². The number of carbonyl (C=O) groups is 2. The molecule has 0 bridgehead atoms. The molecular weight excluding hydrogens is 300 g/mol. The van der Waals surface area contributed by atoms with Gasteiger partial charge >= 0.3 is 0 Å². The molecule has 1 aliphatic rings. The molecule has 0 spiro atoms. The van der Waals surface area contributed by atoms with Gasteiger partial charge in [0.2, 0.25) is 5.91 Å². The van der Waals surface area contributed by atoms with Crippen molar-refractivity contribution in [3.63, 3.8) is 0 Å². The minimum Gasteiger partial charge on any atom is -0.373 e. The first kappa shape index (κ1) is 16.2. The molecule has 1 aliphatic heterocycles. The number of hydrogen-bond donors (Lipinski definition) is 1. The summed E-state index contributed by atoms with van der Waals surface area (Å²) in [5.74, 6) is -0.342. The van der Waals surface area contributed by atoms with Crippen molar-refractivity contribution in [2.24, 2.45) is 0 Å². The molecule has 0 saturated carbocycles. The van der Waals surface area contributed by atoms with E-state index in [0.717, 1.165) is 27.9 Å². The van der Waals surface area contributed by atoms with Crippen LogP contribution in [0.2, 0.25) is 0 Å². The molecule has 24 heavy (non-hydrogen) atoms. The molecular formula is C20H22N2O2. The first-order valence-corrected chi connectivity index (χ1v) is 8.15. The predicted molar refractivity (Wildman–Crippen MR) is 96.4 cm³/mol. The fraction of sp³-hybridized carbons (Fsp3) is 0.300. The lowest BCUT2D eigenvalue weighted by Gasteiger charge is -2.19. The molecule has 2 amide bonds. The monoisotopic (exact) mass is 322 g/mol. The van der Waals surface area contributed by atoms with Crippen molar-refractivity contribution in [1.29, 1.82) is 0 Å². The summed E-state index contributed by atoms with van der Waals surface area (Å²) in [5, 5.41) is 3.28. The lowest BCUT2D eigenvalue weighted by molar-refractivity contribution is -0.121. The van der Waals surface area contributed by atoms with Crippen LogP contribution in [-0.4, -0.2) is 17.9 Å². The molecule has 124 valence electrons. The average molecular weight is 322 g/mol. The van der Waals surface area contributed by atoms with E-state index in [1.165, 1.54) is 4.90 Å². The summed E-state index contributed by atoms with van der Waals surface area (Å²) >= 11 is 0. The molecule has 0 aromatic heterocycles. The standard InChI is InChI=1S/C20H22N2O2/c1-12-8-9-17(15(4)10-12)22-18(23)11-16(20(22)24)21-19-13(2)6-5-7-14(19)3/h5-10,16,21H,11H2,1-4H3/t16-/m0/s1. The van der Waals surface area contributed by atoms with Gasteiger partial charge in [0.25, 0.3) is 5.91 Å². The summed E-state index contributed by atoms with van der Waals surface area (Å²) in [5.41, 5.74) is 5.80. The van der Waals surface area contributed by atoms with Crippen LogP contribution in [0.3, 0.4) is 0 Å². The zero-order valence-corrected chi connectivity index (χ0v) is 14.5. The molecule has 3 rings (SSSR count). The number of nitrogens with one attached hydrogen (secondary N) is 1. The van der Waals surface area contributed by atoms with Crippen LogP contribution in [0.15, 0.2) is 36.4 Å². The van der Waals surface area contributed by atoms with E-state index < -0.39 is 6.04 Å². The van der Waals surface area contributed by atoms with Crippen LogP contribution in [0.4, 0.5) is 11.4 Å². The van der Waals surface area contributed by atoms with Gasteiger partial charge in [0.1, 0.15) is 6.04 Å². The SMILES string of the molecule is Cc1ccc(N2C(=O)C[C@H](Nc3c(C)cccc3C)C2=O)c(C)c1. The van der Waals surface area contributed by atoms with Gasteiger partial charge in [-0.05, 0) is 50.5 Å². The zero-order chi connectivity index (χ0) is 17.4. The molecule has 1 fully saturated rings. The Kier molecular flexibility index (Phi) is 4.14. The summed E-state index contributed by atoms with van der Waals surface area (Å²) < 4.78 is 0. The number of hydrogen-bond acceptors (Lipinski definition) is 3. The Balaban J connectivity index is 1.89. The lowest BCUT2D eigenvalue weighted by atomic mass is 10.1. The number of anilines is 2. The van der Waals surface area contributed by atoms with Crippen LogP contribution >= 0.6 is 0 Å². The maximum absolute atomic E-state index is 12.8. The first-order valence-electron chi connectivity index (χ1n) is 8.15. The lowest BCUT2D eigenvalue weighted by Crippen LogP contribution is -2.35. The fourth-order valence-electron chi connectivity index (χ4n) is 3.27. The molecule has 4 heteroatoms. The van der Waals surface area contributed by atoms with Crippen molar-refractivity contribution in [2.75, 3.05) is 10.2 Å². The number of rotatable bonds is 3. The molecule has 1 heterocycles. The second kappa shape index (κ2) is 6.11. The molecule has 4 nitrogen and oxygen atoms in total. The van der Waals surface area contributed by atoms with Gasteiger partial charge in [-0.3, -0.25) is 9.59 Å². The molecule has 1 saturated heterocycles. The van der Waals surface area contributed by atoms with Gasteiger partial charge in [-0.2, -0.15) is 0 Å². The van der Waals surface area contributed by atoms with Crippen molar-refractivity contribution >= 4 is 23.2 Å². The minimum atomic E-state index is -0.516. The van der Waals surface area contributed by atoms with Crippen LogP contribution in [0.25, 0.3) is 0 Å². The Bertz CT molecular complexity index is 806. The maximum Gasteiger partial charge on any atom is 0.256 e. The number of amides is 2. The Morgan fingerprint density at radius 1 is 0.958 bits per heavy atom. The van der Waals surface area contributed by atoms with E-state index in [1.807, 2.05) is 64.1 Å². The first-order chi connectivity index (χ1) is 11.4. The molecule has 0 aliphatic carbocycles. The van der Waals surface area contributed by atoms with E-state index in [4.69, 9.17) is 0 Å². The van der Waals surface area contributed by atoms with Crippen molar-refractivity contribution < 1.29 is 9.59 Å². The summed E-state index contributed by atoms with van der Waals surface area (Å²) in [6.45, 7) is 7.92. The molecule has 0 radical (unpaired) electrons. The zero-order valence-electron chi connectivity index (χ0n) is 14.5. The Morgan fingerprint density at radius 3 is 2.25 bits per heavy atom. The number of nitrogens with zero attached hydrogens (tertiary/aromatic N) is 1. The van der Waals surface area contributed by atoms with E-state index in [1.54, 1.807) is 0 Å². The third-order valence-corrected chi connectivity index (χ3v) is 4.54. The minimum absolute atomic E-state index is 0.157. The van der Waals surface area contributed by atoms with E-state index in [-0.39, 0.29) is 18.2 Å². The number of imide groups is 1. The van der Waals surface area contributed by atoms with Crippen molar-refractivity contribution in [3.05, 3.63) is 58.7 Å². The molecule has 1 atom stereocenters. The Hall–Kier alpha value is -2.62. The number of aryl methyl sites for hydroxylation is 4. The average Bonchev–Trinajstić information content (AvgIpc) is 2.78. The molecule has 2 aromatic rings. The van der Waals surface area contributed by atoms with Crippen LogP contribution < -0.4 is 10.2 Å². The van der Waals surface area contributed by atoms with Gasteiger partial charge < -0.3 is 5.32 Å². The third kappa shape index (κ3) is 2.80. The highest BCUT2D eigenvalue weighted by Crippen LogP contribution is 2.29. The summed E-state index contributed by atoms with van der Waals surface area (Å²) in [6.07, 6.45) is 0.180. The topological polar surface area (TPSA) is 49.4 Å². The van der Waals surface area contributed by atoms with Crippen LogP contribution in [0, 0.1) is 27.7 Å². The highest BCUT2D eigenvalue weighted by molar-refractivity contribution is 6.23. The quantitative estimate of drug-likeness (QED) is 0.877. The fourth-order valence-corrected chi connectivity index (χ4v) is 3.27. The van der Waals surface area contributed by atoms with Gasteiger partial charge in [0.05, 0.1) is 12.1 Å². The van der Waals surface area contributed by atoms with E-state index in [0.29, 0.717) is 5.69 Å². The summed E-state index contributed by atoms with van der Waals surface area (Å²) in [4.78, 5) is 26.6. The van der Waals surface area contributed by atoms with Crippen LogP contribution in [-0.2, 0) is 9.59 Å². The van der Waals surface area contributed by atoms with Gasteiger partial charge in [-0.25, -0.2) is 4.90 Å². The summed E-state index contributed by atoms with van der Waals surface area (Å²) in [6, 6.07) is 11.2. The Labute approximate surface area is 142 Å².